The minimum absolute atomic E-state index is 0.00479. The number of rotatable bonds is 3. The summed E-state index contributed by atoms with van der Waals surface area (Å²) in [5.41, 5.74) is 5.89. The van der Waals surface area contributed by atoms with Crippen molar-refractivity contribution in [3.63, 3.8) is 0 Å². The summed E-state index contributed by atoms with van der Waals surface area (Å²) in [5.74, 6) is -0.00479. The van der Waals surface area contributed by atoms with E-state index in [1.807, 2.05) is 4.90 Å². The number of fused-ring (bicyclic) bond motifs is 1. The molecular formula is C12H20N6O. The van der Waals surface area contributed by atoms with Gasteiger partial charge in [0, 0.05) is 32.2 Å². The summed E-state index contributed by atoms with van der Waals surface area (Å²) >= 11 is 0. The summed E-state index contributed by atoms with van der Waals surface area (Å²) in [6.45, 7) is 4.86. The predicted octanol–water partition coefficient (Wildman–Crippen LogP) is -0.843. The van der Waals surface area contributed by atoms with E-state index in [1.54, 1.807) is 10.9 Å². The smallest absolute Gasteiger partial charge is 0.276 e. The maximum Gasteiger partial charge on any atom is 0.276 e. The molecule has 2 aliphatic rings. The van der Waals surface area contributed by atoms with E-state index >= 15 is 0 Å². The Bertz CT molecular complexity index is 459. The van der Waals surface area contributed by atoms with Crippen LogP contribution >= 0.6 is 0 Å². The van der Waals surface area contributed by atoms with Crippen molar-refractivity contribution in [2.24, 2.45) is 5.73 Å². The van der Waals surface area contributed by atoms with E-state index in [0.717, 1.165) is 19.6 Å². The molecule has 0 spiro atoms. The highest BCUT2D eigenvalue weighted by Crippen LogP contribution is 2.22. The van der Waals surface area contributed by atoms with Crippen molar-refractivity contribution in [3.8, 4) is 0 Å². The van der Waals surface area contributed by atoms with E-state index in [4.69, 9.17) is 5.73 Å². The first-order valence-corrected chi connectivity index (χ1v) is 6.91. The molecule has 3 heterocycles. The van der Waals surface area contributed by atoms with Crippen LogP contribution in [0.15, 0.2) is 6.20 Å². The van der Waals surface area contributed by atoms with Gasteiger partial charge in [-0.25, -0.2) is 0 Å². The SMILES string of the molecule is NCCn1cc(C(=O)N2CCN3CCCC3C2)nn1. The first kappa shape index (κ1) is 12.6. The van der Waals surface area contributed by atoms with Crippen LogP contribution in [0.3, 0.4) is 0 Å². The number of hydrogen-bond donors (Lipinski definition) is 1. The largest absolute Gasteiger partial charge is 0.334 e. The molecule has 2 fully saturated rings. The van der Waals surface area contributed by atoms with Crippen molar-refractivity contribution in [2.45, 2.75) is 25.4 Å². The summed E-state index contributed by atoms with van der Waals surface area (Å²) in [6, 6.07) is 0.539. The molecule has 0 aliphatic carbocycles. The van der Waals surface area contributed by atoms with Crippen molar-refractivity contribution in [1.29, 1.82) is 0 Å². The Morgan fingerprint density at radius 2 is 2.32 bits per heavy atom. The van der Waals surface area contributed by atoms with Gasteiger partial charge in [-0.1, -0.05) is 5.21 Å². The van der Waals surface area contributed by atoms with Crippen LogP contribution in [0, 0.1) is 0 Å². The highest BCUT2D eigenvalue weighted by Gasteiger charge is 2.33. The molecule has 0 bridgehead atoms. The number of carbonyl (C=O) groups excluding carboxylic acids is 1. The van der Waals surface area contributed by atoms with E-state index in [0.29, 0.717) is 24.8 Å². The second-order valence-electron chi connectivity index (χ2n) is 5.24. The Morgan fingerprint density at radius 3 is 3.16 bits per heavy atom. The van der Waals surface area contributed by atoms with E-state index in [-0.39, 0.29) is 5.91 Å². The third kappa shape index (κ3) is 2.48. The normalized spacial score (nSPS) is 23.6. The molecule has 7 nitrogen and oxygen atoms in total. The summed E-state index contributed by atoms with van der Waals surface area (Å²) in [6.07, 6.45) is 4.14. The lowest BCUT2D eigenvalue weighted by Crippen LogP contribution is -2.52. The van der Waals surface area contributed by atoms with E-state index in [2.05, 4.69) is 15.2 Å². The molecule has 0 radical (unpaired) electrons. The monoisotopic (exact) mass is 264 g/mol. The first-order valence-electron chi connectivity index (χ1n) is 6.91. The van der Waals surface area contributed by atoms with Gasteiger partial charge in [0.2, 0.25) is 0 Å². The maximum atomic E-state index is 12.4. The van der Waals surface area contributed by atoms with E-state index in [9.17, 15) is 4.79 Å². The topological polar surface area (TPSA) is 80.3 Å². The zero-order chi connectivity index (χ0) is 13.2. The molecule has 1 atom stereocenters. The fourth-order valence-electron chi connectivity index (χ4n) is 2.98. The molecule has 0 saturated carbocycles. The zero-order valence-corrected chi connectivity index (χ0v) is 11.0. The Hall–Kier alpha value is -1.47. The molecule has 2 saturated heterocycles. The van der Waals surface area contributed by atoms with Crippen LogP contribution in [0.5, 0.6) is 0 Å². The van der Waals surface area contributed by atoms with Crippen LogP contribution < -0.4 is 5.73 Å². The second-order valence-corrected chi connectivity index (χ2v) is 5.24. The number of aromatic nitrogens is 3. The number of hydrogen-bond acceptors (Lipinski definition) is 5. The van der Waals surface area contributed by atoms with Gasteiger partial charge in [0.15, 0.2) is 5.69 Å². The van der Waals surface area contributed by atoms with Crippen LogP contribution in [0.25, 0.3) is 0 Å². The average Bonchev–Trinajstić information content (AvgIpc) is 3.05. The minimum Gasteiger partial charge on any atom is -0.334 e. The van der Waals surface area contributed by atoms with Gasteiger partial charge in [-0.05, 0) is 19.4 Å². The van der Waals surface area contributed by atoms with Crippen LogP contribution in [0.2, 0.25) is 0 Å². The van der Waals surface area contributed by atoms with Gasteiger partial charge >= 0.3 is 0 Å². The number of carbonyl (C=O) groups is 1. The highest BCUT2D eigenvalue weighted by molar-refractivity contribution is 5.92. The van der Waals surface area contributed by atoms with Crippen molar-refractivity contribution >= 4 is 5.91 Å². The lowest BCUT2D eigenvalue weighted by atomic mass is 10.1. The molecule has 0 aromatic carbocycles. The third-order valence-electron chi connectivity index (χ3n) is 3.99. The lowest BCUT2D eigenvalue weighted by Gasteiger charge is -2.37. The molecule has 1 unspecified atom stereocenters. The minimum atomic E-state index is -0.00479. The Kier molecular flexibility index (Phi) is 3.48. The van der Waals surface area contributed by atoms with Gasteiger partial charge in [-0.3, -0.25) is 14.4 Å². The fourth-order valence-corrected chi connectivity index (χ4v) is 2.98. The highest BCUT2D eigenvalue weighted by atomic mass is 16.2. The molecule has 2 aliphatic heterocycles. The molecule has 1 aromatic heterocycles. The molecule has 1 aromatic rings. The summed E-state index contributed by atoms with van der Waals surface area (Å²) in [7, 11) is 0. The van der Waals surface area contributed by atoms with Gasteiger partial charge in [-0.15, -0.1) is 5.10 Å². The molecule has 7 heteroatoms. The van der Waals surface area contributed by atoms with Gasteiger partial charge in [0.05, 0.1) is 12.7 Å². The number of amides is 1. The van der Waals surface area contributed by atoms with Crippen LogP contribution in [0.1, 0.15) is 23.3 Å². The van der Waals surface area contributed by atoms with Crippen molar-refractivity contribution in [1.82, 2.24) is 24.8 Å². The Morgan fingerprint density at radius 1 is 1.42 bits per heavy atom. The predicted molar refractivity (Wildman–Crippen MR) is 69.6 cm³/mol. The quantitative estimate of drug-likeness (QED) is 0.770. The van der Waals surface area contributed by atoms with Gasteiger partial charge in [0.1, 0.15) is 0 Å². The van der Waals surface area contributed by atoms with E-state index in [1.165, 1.54) is 19.4 Å². The Labute approximate surface area is 112 Å². The second kappa shape index (κ2) is 5.26. The maximum absolute atomic E-state index is 12.4. The number of piperazine rings is 1. The molecule has 2 N–H and O–H groups in total. The van der Waals surface area contributed by atoms with Gasteiger partial charge in [-0.2, -0.15) is 0 Å². The van der Waals surface area contributed by atoms with Gasteiger partial charge < -0.3 is 10.6 Å². The molecular weight excluding hydrogens is 244 g/mol. The molecule has 19 heavy (non-hydrogen) atoms. The number of nitrogens with two attached hydrogens (primary N) is 1. The molecule has 104 valence electrons. The summed E-state index contributed by atoms with van der Waals surface area (Å²) < 4.78 is 1.62. The summed E-state index contributed by atoms with van der Waals surface area (Å²) in [4.78, 5) is 16.8. The number of nitrogens with zero attached hydrogens (tertiary/aromatic N) is 5. The van der Waals surface area contributed by atoms with Crippen molar-refractivity contribution in [3.05, 3.63) is 11.9 Å². The van der Waals surface area contributed by atoms with Crippen molar-refractivity contribution in [2.75, 3.05) is 32.7 Å². The molecule has 1 amide bonds. The molecule has 3 rings (SSSR count). The fraction of sp³-hybridized carbons (Fsp3) is 0.750. The van der Waals surface area contributed by atoms with Gasteiger partial charge in [0.25, 0.3) is 5.91 Å². The van der Waals surface area contributed by atoms with Crippen LogP contribution in [-0.4, -0.2) is 69.5 Å². The average molecular weight is 264 g/mol. The Balaban J connectivity index is 1.66. The zero-order valence-electron chi connectivity index (χ0n) is 11.0. The lowest BCUT2D eigenvalue weighted by molar-refractivity contribution is 0.0565. The standard InChI is InChI=1S/C12H20N6O/c13-3-5-18-9-11(14-15-18)12(19)17-7-6-16-4-1-2-10(16)8-17/h9-10H,1-8,13H2. The first-order chi connectivity index (χ1) is 9.28. The van der Waals surface area contributed by atoms with Crippen molar-refractivity contribution < 1.29 is 4.79 Å². The van der Waals surface area contributed by atoms with Crippen LogP contribution in [0.4, 0.5) is 0 Å². The van der Waals surface area contributed by atoms with Crippen LogP contribution in [-0.2, 0) is 6.54 Å². The third-order valence-corrected chi connectivity index (χ3v) is 3.99. The summed E-state index contributed by atoms with van der Waals surface area (Å²) in [5, 5.41) is 7.87. The van der Waals surface area contributed by atoms with E-state index < -0.39 is 0 Å².